The molecule has 0 aromatic heterocycles. The maximum absolute atomic E-state index is 5.43. The molecule has 0 spiro atoms. The molecule has 0 atom stereocenters. The summed E-state index contributed by atoms with van der Waals surface area (Å²) in [6, 6.07) is 11.5. The van der Waals surface area contributed by atoms with Gasteiger partial charge in [0, 0.05) is 0 Å². The zero-order valence-corrected chi connectivity index (χ0v) is 8.84. The summed E-state index contributed by atoms with van der Waals surface area (Å²) in [6.07, 6.45) is 7.56. The molecule has 77 valence electrons. The van der Waals surface area contributed by atoms with Gasteiger partial charge in [-0.3, -0.25) is 0 Å². The fourth-order valence-corrected chi connectivity index (χ4v) is 1.58. The number of rotatable bonds is 7. The second-order valence-electron chi connectivity index (χ2n) is 3.69. The van der Waals surface area contributed by atoms with Crippen molar-refractivity contribution in [3.63, 3.8) is 0 Å². The lowest BCUT2D eigenvalue weighted by Crippen LogP contribution is -1.97. The number of unbranched alkanes of at least 4 members (excludes halogenated alkanes) is 4. The van der Waals surface area contributed by atoms with Gasteiger partial charge in [-0.1, -0.05) is 43.5 Å². The van der Waals surface area contributed by atoms with Gasteiger partial charge in [-0.2, -0.15) is 0 Å². The molecular weight excluding hydrogens is 170 g/mol. The summed E-state index contributed by atoms with van der Waals surface area (Å²) >= 11 is 0. The Labute approximate surface area is 87.3 Å². The molecule has 0 saturated carbocycles. The van der Waals surface area contributed by atoms with Gasteiger partial charge in [-0.15, -0.1) is 0 Å². The monoisotopic (exact) mass is 190 g/mol. The quantitative estimate of drug-likeness (QED) is 0.657. The van der Waals surface area contributed by atoms with Crippen LogP contribution in [0.5, 0.6) is 0 Å². The lowest BCUT2D eigenvalue weighted by atomic mass is 10.1. The van der Waals surface area contributed by atoms with Crippen molar-refractivity contribution in [3.8, 4) is 0 Å². The Balaban J connectivity index is 1.99. The molecule has 14 heavy (non-hydrogen) atoms. The van der Waals surface area contributed by atoms with Gasteiger partial charge in [0.15, 0.2) is 0 Å². The highest BCUT2D eigenvalue weighted by Gasteiger charge is 1.92. The zero-order chi connectivity index (χ0) is 10.1. The zero-order valence-electron chi connectivity index (χ0n) is 8.84. The van der Waals surface area contributed by atoms with Crippen LogP contribution in [0.3, 0.4) is 0 Å². The molecule has 1 aromatic carbocycles. The fourth-order valence-electron chi connectivity index (χ4n) is 1.58. The Morgan fingerprint density at radius 1 is 1.00 bits per heavy atom. The molecule has 1 nitrogen and oxygen atoms in total. The Morgan fingerprint density at radius 3 is 2.50 bits per heavy atom. The van der Waals surface area contributed by atoms with Crippen molar-refractivity contribution in [1.82, 2.24) is 0 Å². The van der Waals surface area contributed by atoms with Crippen LogP contribution in [0.2, 0.25) is 0 Å². The van der Waals surface area contributed by atoms with E-state index in [1.807, 2.05) is 12.1 Å². The Bertz CT molecular complexity index is 218. The van der Waals surface area contributed by atoms with E-state index in [4.69, 9.17) is 5.73 Å². The van der Waals surface area contributed by atoms with Gasteiger partial charge < -0.3 is 5.73 Å². The molecule has 1 aromatic rings. The summed E-state index contributed by atoms with van der Waals surface area (Å²) < 4.78 is 0. The highest BCUT2D eigenvalue weighted by Crippen LogP contribution is 2.07. The third kappa shape index (κ3) is 5.03. The number of nitrogens with two attached hydrogens (primary N) is 1. The van der Waals surface area contributed by atoms with E-state index < -0.39 is 0 Å². The van der Waals surface area contributed by atoms with Gasteiger partial charge in [-0.05, 0) is 37.4 Å². The van der Waals surface area contributed by atoms with Crippen LogP contribution in [0.15, 0.2) is 24.3 Å². The molecule has 1 rings (SSSR count). The van der Waals surface area contributed by atoms with E-state index in [1.54, 1.807) is 0 Å². The summed E-state index contributed by atoms with van der Waals surface area (Å²) in [5, 5.41) is 0. The molecular formula is C13H20N. The Morgan fingerprint density at radius 2 is 1.79 bits per heavy atom. The third-order valence-corrected chi connectivity index (χ3v) is 2.42. The van der Waals surface area contributed by atoms with Crippen LogP contribution in [0.1, 0.15) is 37.7 Å². The maximum Gasteiger partial charge on any atom is -0.00773 e. The molecule has 0 heterocycles. The van der Waals surface area contributed by atoms with Crippen LogP contribution in [0, 0.1) is 6.07 Å². The minimum absolute atomic E-state index is 0.840. The van der Waals surface area contributed by atoms with Crippen molar-refractivity contribution >= 4 is 0 Å². The highest BCUT2D eigenvalue weighted by molar-refractivity contribution is 5.12. The smallest absolute Gasteiger partial charge is 0.00773 e. The highest BCUT2D eigenvalue weighted by atomic mass is 14.5. The van der Waals surface area contributed by atoms with Crippen LogP contribution in [0.4, 0.5) is 0 Å². The minimum atomic E-state index is 0.840. The van der Waals surface area contributed by atoms with Crippen molar-refractivity contribution in [2.75, 3.05) is 6.54 Å². The summed E-state index contributed by atoms with van der Waals surface area (Å²) in [7, 11) is 0. The van der Waals surface area contributed by atoms with E-state index in [2.05, 4.69) is 18.2 Å². The maximum atomic E-state index is 5.43. The van der Waals surface area contributed by atoms with Gasteiger partial charge in [-0.25, -0.2) is 0 Å². The van der Waals surface area contributed by atoms with E-state index in [1.165, 1.54) is 44.1 Å². The first-order valence-corrected chi connectivity index (χ1v) is 5.59. The minimum Gasteiger partial charge on any atom is -0.330 e. The predicted molar refractivity (Wildman–Crippen MR) is 61.1 cm³/mol. The number of hydrogen-bond donors (Lipinski definition) is 1. The van der Waals surface area contributed by atoms with Crippen molar-refractivity contribution < 1.29 is 0 Å². The van der Waals surface area contributed by atoms with Crippen LogP contribution >= 0.6 is 0 Å². The summed E-state index contributed by atoms with van der Waals surface area (Å²) in [5.74, 6) is 0. The first-order chi connectivity index (χ1) is 6.93. The lowest BCUT2D eigenvalue weighted by molar-refractivity contribution is 0.618. The van der Waals surface area contributed by atoms with Crippen LogP contribution < -0.4 is 5.73 Å². The van der Waals surface area contributed by atoms with Crippen molar-refractivity contribution in [3.05, 3.63) is 35.9 Å². The molecule has 1 radical (unpaired) electrons. The van der Waals surface area contributed by atoms with Crippen molar-refractivity contribution in [1.29, 1.82) is 0 Å². The van der Waals surface area contributed by atoms with Crippen molar-refractivity contribution in [2.24, 2.45) is 5.73 Å². The van der Waals surface area contributed by atoms with E-state index >= 15 is 0 Å². The summed E-state index contributed by atoms with van der Waals surface area (Å²) in [5.41, 5.74) is 6.77. The number of benzene rings is 1. The molecule has 0 aliphatic carbocycles. The van der Waals surface area contributed by atoms with Crippen LogP contribution in [-0.4, -0.2) is 6.54 Å². The Kier molecular flexibility index (Phi) is 6.09. The normalized spacial score (nSPS) is 10.4. The standard InChI is InChI=1S/C13H20N/c14-12-8-3-1-2-5-9-13-10-6-4-7-11-13/h4,6-7,10H,1-3,5,8-9,12,14H2. The molecule has 0 amide bonds. The Hall–Kier alpha value is -0.820. The van der Waals surface area contributed by atoms with Crippen molar-refractivity contribution in [2.45, 2.75) is 38.5 Å². The molecule has 0 unspecified atom stereocenters. The van der Waals surface area contributed by atoms with Gasteiger partial charge in [0.25, 0.3) is 0 Å². The van der Waals surface area contributed by atoms with Gasteiger partial charge >= 0.3 is 0 Å². The summed E-state index contributed by atoms with van der Waals surface area (Å²) in [4.78, 5) is 0. The fraction of sp³-hybridized carbons (Fsp3) is 0.538. The SMILES string of the molecule is NCCCCCCCc1[c]cccc1. The van der Waals surface area contributed by atoms with Crippen LogP contribution in [-0.2, 0) is 6.42 Å². The molecule has 0 fully saturated rings. The van der Waals surface area contributed by atoms with E-state index in [0.717, 1.165) is 6.54 Å². The topological polar surface area (TPSA) is 26.0 Å². The average Bonchev–Trinajstić information content (AvgIpc) is 2.25. The predicted octanol–water partition coefficient (Wildman–Crippen LogP) is 2.94. The van der Waals surface area contributed by atoms with Gasteiger partial charge in [0.2, 0.25) is 0 Å². The number of hydrogen-bond acceptors (Lipinski definition) is 1. The second-order valence-corrected chi connectivity index (χ2v) is 3.69. The molecule has 1 heteroatoms. The molecule has 2 N–H and O–H groups in total. The molecule has 0 aliphatic rings. The average molecular weight is 190 g/mol. The third-order valence-electron chi connectivity index (χ3n) is 2.42. The molecule has 0 bridgehead atoms. The largest absolute Gasteiger partial charge is 0.330 e. The first-order valence-electron chi connectivity index (χ1n) is 5.59. The van der Waals surface area contributed by atoms with Gasteiger partial charge in [0.05, 0.1) is 0 Å². The van der Waals surface area contributed by atoms with Crippen LogP contribution in [0.25, 0.3) is 0 Å². The molecule has 0 saturated heterocycles. The first kappa shape index (κ1) is 11.3. The van der Waals surface area contributed by atoms with Gasteiger partial charge in [0.1, 0.15) is 0 Å². The van der Waals surface area contributed by atoms with E-state index in [0.29, 0.717) is 0 Å². The second kappa shape index (κ2) is 7.57. The van der Waals surface area contributed by atoms with E-state index in [9.17, 15) is 0 Å². The summed E-state index contributed by atoms with van der Waals surface area (Å²) in [6.45, 7) is 0.840. The lowest BCUT2D eigenvalue weighted by Gasteiger charge is -2.00. The molecule has 0 aliphatic heterocycles. The van der Waals surface area contributed by atoms with E-state index in [-0.39, 0.29) is 0 Å². The number of aryl methyl sites for hydroxylation is 1.